The van der Waals surface area contributed by atoms with Crippen molar-refractivity contribution in [1.82, 2.24) is 5.32 Å². The minimum absolute atomic E-state index is 0.0281. The summed E-state index contributed by atoms with van der Waals surface area (Å²) in [5, 5.41) is 3.14. The second kappa shape index (κ2) is 5.24. The maximum Gasteiger partial charge on any atom is 0.233 e. The smallest absolute Gasteiger partial charge is 0.233 e. The molecule has 0 atom stereocenters. The zero-order valence-corrected chi connectivity index (χ0v) is 11.1. The molecule has 0 saturated heterocycles. The fraction of sp³-hybridized carbons (Fsp3) is 0.500. The number of halogens is 1. The summed E-state index contributed by atoms with van der Waals surface area (Å²) < 4.78 is 39.0. The summed E-state index contributed by atoms with van der Waals surface area (Å²) in [5.74, 6) is -0.341. The van der Waals surface area contributed by atoms with Gasteiger partial charge in [-0.15, -0.1) is 0 Å². The van der Waals surface area contributed by atoms with Gasteiger partial charge in [0.2, 0.25) is 10.0 Å². The average Bonchev–Trinajstić information content (AvgIpc) is 3.06. The second-order valence-electron chi connectivity index (χ2n) is 4.61. The third-order valence-electron chi connectivity index (χ3n) is 2.84. The van der Waals surface area contributed by atoms with Gasteiger partial charge in [0.15, 0.2) is 0 Å². The molecule has 1 aliphatic rings. The van der Waals surface area contributed by atoms with Crippen molar-refractivity contribution in [2.75, 3.05) is 17.0 Å². The Kier molecular flexibility index (Phi) is 3.87. The van der Waals surface area contributed by atoms with E-state index in [1.807, 2.05) is 0 Å². The van der Waals surface area contributed by atoms with Gasteiger partial charge >= 0.3 is 0 Å². The van der Waals surface area contributed by atoms with Crippen LogP contribution in [0.1, 0.15) is 18.4 Å². The van der Waals surface area contributed by atoms with E-state index < -0.39 is 10.0 Å². The van der Waals surface area contributed by atoms with Crippen LogP contribution in [0.2, 0.25) is 0 Å². The summed E-state index contributed by atoms with van der Waals surface area (Å²) in [6, 6.07) is 4.48. The summed E-state index contributed by atoms with van der Waals surface area (Å²) in [6.07, 6.45) is 2.26. The van der Waals surface area contributed by atoms with Crippen LogP contribution in [-0.4, -0.2) is 26.8 Å². The highest BCUT2D eigenvalue weighted by atomic mass is 32.2. The molecule has 0 amide bonds. The molecule has 2 N–H and O–H groups in total. The number of hydrogen-bond donors (Lipinski definition) is 2. The molecule has 18 heavy (non-hydrogen) atoms. The highest BCUT2D eigenvalue weighted by molar-refractivity contribution is 7.92. The Balaban J connectivity index is 1.93. The molecule has 6 heteroatoms. The minimum Gasteiger partial charge on any atom is -0.313 e. The van der Waals surface area contributed by atoms with Crippen molar-refractivity contribution in [3.63, 3.8) is 0 Å². The van der Waals surface area contributed by atoms with Gasteiger partial charge in [-0.1, -0.05) is 0 Å². The van der Waals surface area contributed by atoms with Crippen LogP contribution >= 0.6 is 0 Å². The number of hydrogen-bond acceptors (Lipinski definition) is 3. The highest BCUT2D eigenvalue weighted by Crippen LogP contribution is 2.19. The summed E-state index contributed by atoms with van der Waals surface area (Å²) in [6.45, 7) is 2.11. The van der Waals surface area contributed by atoms with Crippen molar-refractivity contribution in [2.45, 2.75) is 25.8 Å². The number of nitrogens with one attached hydrogen (secondary N) is 2. The van der Waals surface area contributed by atoms with Gasteiger partial charge in [-0.2, -0.15) is 0 Å². The van der Waals surface area contributed by atoms with Gasteiger partial charge in [0, 0.05) is 12.6 Å². The molecular weight excluding hydrogens is 255 g/mol. The van der Waals surface area contributed by atoms with Gasteiger partial charge in [0.05, 0.1) is 11.4 Å². The molecule has 0 spiro atoms. The Morgan fingerprint density at radius 2 is 2.11 bits per heavy atom. The van der Waals surface area contributed by atoms with Crippen LogP contribution in [0.25, 0.3) is 0 Å². The lowest BCUT2D eigenvalue weighted by Gasteiger charge is -2.10. The molecule has 0 unspecified atom stereocenters. The number of benzene rings is 1. The molecule has 0 heterocycles. The van der Waals surface area contributed by atoms with Crippen molar-refractivity contribution in [1.29, 1.82) is 0 Å². The van der Waals surface area contributed by atoms with E-state index in [-0.39, 0.29) is 11.6 Å². The van der Waals surface area contributed by atoms with E-state index in [1.54, 1.807) is 6.92 Å². The zero-order valence-electron chi connectivity index (χ0n) is 10.2. The Labute approximate surface area is 107 Å². The molecule has 0 bridgehead atoms. The molecular formula is C12H17FN2O2S. The number of rotatable bonds is 6. The van der Waals surface area contributed by atoms with Gasteiger partial charge in [-0.05, 0) is 43.5 Å². The van der Waals surface area contributed by atoms with Crippen LogP contribution in [0.5, 0.6) is 0 Å². The molecule has 2 rings (SSSR count). The third kappa shape index (κ3) is 3.96. The number of anilines is 1. The molecule has 0 aromatic heterocycles. The van der Waals surface area contributed by atoms with Gasteiger partial charge in [0.25, 0.3) is 0 Å². The number of sulfonamides is 1. The topological polar surface area (TPSA) is 58.2 Å². The van der Waals surface area contributed by atoms with E-state index in [0.29, 0.717) is 23.8 Å². The Bertz CT molecular complexity index is 527. The first kappa shape index (κ1) is 13.3. The van der Waals surface area contributed by atoms with E-state index in [1.165, 1.54) is 18.2 Å². The first-order valence-electron chi connectivity index (χ1n) is 5.96. The first-order valence-corrected chi connectivity index (χ1v) is 7.61. The van der Waals surface area contributed by atoms with E-state index >= 15 is 0 Å². The van der Waals surface area contributed by atoms with E-state index in [9.17, 15) is 12.8 Å². The highest BCUT2D eigenvalue weighted by Gasteiger charge is 2.21. The molecule has 1 aromatic carbocycles. The quantitative estimate of drug-likeness (QED) is 0.827. The first-order chi connectivity index (χ1) is 8.46. The predicted octanol–water partition coefficient (Wildman–Crippen LogP) is 1.63. The standard InChI is InChI=1S/C12H17FN2O2S/c1-9-8-10(13)2-5-12(9)15-18(16,17)7-6-14-11-3-4-11/h2,5,8,11,14-15H,3-4,6-7H2,1H3. The summed E-state index contributed by atoms with van der Waals surface area (Å²) in [5.41, 5.74) is 1.01. The molecule has 4 nitrogen and oxygen atoms in total. The maximum atomic E-state index is 12.9. The zero-order chi connectivity index (χ0) is 13.2. The molecule has 1 saturated carbocycles. The van der Waals surface area contributed by atoms with E-state index in [4.69, 9.17) is 0 Å². The normalized spacial score (nSPS) is 15.7. The third-order valence-corrected chi connectivity index (χ3v) is 4.11. The van der Waals surface area contributed by atoms with Crippen LogP contribution in [-0.2, 0) is 10.0 Å². The summed E-state index contributed by atoms with van der Waals surface area (Å²) in [7, 11) is -3.37. The summed E-state index contributed by atoms with van der Waals surface area (Å²) >= 11 is 0. The largest absolute Gasteiger partial charge is 0.313 e. The van der Waals surface area contributed by atoms with Crippen LogP contribution in [0.4, 0.5) is 10.1 Å². The lowest BCUT2D eigenvalue weighted by atomic mass is 10.2. The number of aryl methyl sites for hydroxylation is 1. The van der Waals surface area contributed by atoms with Gasteiger partial charge in [0.1, 0.15) is 5.82 Å². The SMILES string of the molecule is Cc1cc(F)ccc1NS(=O)(=O)CCNC1CC1. The molecule has 0 aliphatic heterocycles. The van der Waals surface area contributed by atoms with Crippen LogP contribution in [0, 0.1) is 12.7 Å². The minimum atomic E-state index is -3.37. The van der Waals surface area contributed by atoms with Gasteiger partial charge < -0.3 is 5.32 Å². The fourth-order valence-corrected chi connectivity index (χ4v) is 2.70. The second-order valence-corrected chi connectivity index (χ2v) is 6.45. The van der Waals surface area contributed by atoms with E-state index in [2.05, 4.69) is 10.0 Å². The molecule has 1 fully saturated rings. The van der Waals surface area contributed by atoms with E-state index in [0.717, 1.165) is 12.8 Å². The Hall–Kier alpha value is -1.14. The monoisotopic (exact) mass is 272 g/mol. The van der Waals surface area contributed by atoms with Crippen molar-refractivity contribution < 1.29 is 12.8 Å². The lowest BCUT2D eigenvalue weighted by molar-refractivity contribution is 0.595. The molecule has 0 radical (unpaired) electrons. The molecule has 100 valence electrons. The maximum absolute atomic E-state index is 12.9. The predicted molar refractivity (Wildman–Crippen MR) is 69.6 cm³/mol. The summed E-state index contributed by atoms with van der Waals surface area (Å²) in [4.78, 5) is 0. The van der Waals surface area contributed by atoms with Crippen LogP contribution in [0.3, 0.4) is 0 Å². The Morgan fingerprint density at radius 1 is 1.39 bits per heavy atom. The average molecular weight is 272 g/mol. The van der Waals surface area contributed by atoms with Crippen molar-refractivity contribution >= 4 is 15.7 Å². The van der Waals surface area contributed by atoms with Gasteiger partial charge in [-0.3, -0.25) is 4.72 Å². The fourth-order valence-electron chi connectivity index (χ4n) is 1.65. The van der Waals surface area contributed by atoms with Crippen molar-refractivity contribution in [2.24, 2.45) is 0 Å². The van der Waals surface area contributed by atoms with Crippen LogP contribution in [0.15, 0.2) is 18.2 Å². The van der Waals surface area contributed by atoms with Crippen LogP contribution < -0.4 is 10.0 Å². The lowest BCUT2D eigenvalue weighted by Crippen LogP contribution is -2.28. The Morgan fingerprint density at radius 3 is 2.72 bits per heavy atom. The van der Waals surface area contributed by atoms with Gasteiger partial charge in [-0.25, -0.2) is 12.8 Å². The molecule has 1 aromatic rings. The van der Waals surface area contributed by atoms with Crippen molar-refractivity contribution in [3.8, 4) is 0 Å². The van der Waals surface area contributed by atoms with Crippen molar-refractivity contribution in [3.05, 3.63) is 29.6 Å². The molecule has 1 aliphatic carbocycles.